The zero-order valence-electron chi connectivity index (χ0n) is 18.5. The molecular weight excluding hydrogens is 444 g/mol. The van der Waals surface area contributed by atoms with Gasteiger partial charge in [-0.3, -0.25) is 4.79 Å². The van der Waals surface area contributed by atoms with Crippen LogP contribution in [0.4, 0.5) is 4.79 Å². The normalized spacial score (nSPS) is 12.9. The summed E-state index contributed by atoms with van der Waals surface area (Å²) in [6.45, 7) is 3.15. The Morgan fingerprint density at radius 1 is 1.03 bits per heavy atom. The Kier molecular flexibility index (Phi) is 7.82. The van der Waals surface area contributed by atoms with Crippen molar-refractivity contribution in [1.29, 1.82) is 0 Å². The van der Waals surface area contributed by atoms with Crippen molar-refractivity contribution < 1.29 is 19.4 Å². The number of ketones is 1. The molecule has 8 heteroatoms. The monoisotopic (exact) mass is 470 g/mol. The lowest BCUT2D eigenvalue weighted by Crippen LogP contribution is -2.41. The van der Waals surface area contributed by atoms with Gasteiger partial charge in [-0.2, -0.15) is 0 Å². The van der Waals surface area contributed by atoms with Crippen molar-refractivity contribution in [1.82, 2.24) is 9.55 Å². The van der Waals surface area contributed by atoms with E-state index in [9.17, 15) is 14.7 Å². The van der Waals surface area contributed by atoms with Gasteiger partial charge in [0.2, 0.25) is 5.78 Å². The molecule has 0 amide bonds. The largest absolute Gasteiger partial charge is 0.445 e. The number of aryl methyl sites for hydroxylation is 2. The lowest BCUT2D eigenvalue weighted by atomic mass is 9.86. The van der Waals surface area contributed by atoms with Crippen molar-refractivity contribution >= 4 is 35.4 Å². The first-order valence-electron chi connectivity index (χ1n) is 10.1. The molecule has 3 rings (SSSR count). The highest BCUT2D eigenvalue weighted by molar-refractivity contribution is 7.98. The molecule has 32 heavy (non-hydrogen) atoms. The van der Waals surface area contributed by atoms with Gasteiger partial charge in [0.15, 0.2) is 5.60 Å². The highest BCUT2D eigenvalue weighted by atomic mass is 32.2. The number of benzene rings is 2. The molecule has 1 N–H and O–H groups in total. The summed E-state index contributed by atoms with van der Waals surface area (Å²) in [7, 11) is 0. The second-order valence-corrected chi connectivity index (χ2v) is 8.98. The summed E-state index contributed by atoms with van der Waals surface area (Å²) in [5.41, 5.74) is -0.649. The average Bonchev–Trinajstić information content (AvgIpc) is 3.22. The molecule has 3 aromatic rings. The van der Waals surface area contributed by atoms with Gasteiger partial charge in [0.25, 0.3) is 0 Å². The quantitative estimate of drug-likeness (QED) is 0.368. The number of ether oxygens (including phenoxy) is 1. The molecule has 0 aliphatic carbocycles. The van der Waals surface area contributed by atoms with Crippen LogP contribution >= 0.6 is 23.5 Å². The summed E-state index contributed by atoms with van der Waals surface area (Å²) < 4.78 is 6.76. The number of carbonyl (C=O) groups is 2. The number of nitrogens with zero attached hydrogens (tertiary/aromatic N) is 2. The van der Waals surface area contributed by atoms with Crippen molar-refractivity contribution in [3.8, 4) is 0 Å². The molecule has 0 fully saturated rings. The Hall–Kier alpha value is -2.55. The maximum absolute atomic E-state index is 13.4. The first kappa shape index (κ1) is 24.1. The number of hydrogen-bond acceptors (Lipinski definition) is 7. The van der Waals surface area contributed by atoms with Crippen molar-refractivity contribution in [2.24, 2.45) is 0 Å². The van der Waals surface area contributed by atoms with Crippen LogP contribution in [0.3, 0.4) is 0 Å². The summed E-state index contributed by atoms with van der Waals surface area (Å²) in [6, 6.07) is 14.0. The fraction of sp³-hybridized carbons (Fsp3) is 0.292. The Balaban J connectivity index is 1.93. The SMILES string of the molecule is CCc1nc(C)cn1C(=O)OCC(O)(C(=O)c1ccc(SC)cc1)c1ccc(SC)cc1. The highest BCUT2D eigenvalue weighted by Gasteiger charge is 2.40. The molecular formula is C24H26N2O4S2. The van der Waals surface area contributed by atoms with Crippen LogP contribution in [0.1, 0.15) is 34.4 Å². The molecule has 6 nitrogen and oxygen atoms in total. The molecule has 0 saturated carbocycles. The van der Waals surface area contributed by atoms with E-state index in [-0.39, 0.29) is 0 Å². The van der Waals surface area contributed by atoms with E-state index in [1.807, 2.05) is 43.7 Å². The van der Waals surface area contributed by atoms with Gasteiger partial charge >= 0.3 is 6.09 Å². The third kappa shape index (κ3) is 5.09. The number of carbonyl (C=O) groups excluding carboxylic acids is 2. The standard InChI is InChI=1S/C24H26N2O4S2/c1-5-21-25-16(2)14-26(21)23(28)30-15-24(29,18-8-12-20(32-4)13-9-18)22(27)17-6-10-19(31-3)11-7-17/h6-14,29H,5,15H2,1-4H3. The zero-order valence-corrected chi connectivity index (χ0v) is 20.1. The number of thioether (sulfide) groups is 2. The molecule has 0 bridgehead atoms. The number of hydrogen-bond donors (Lipinski definition) is 1. The topological polar surface area (TPSA) is 81.4 Å². The third-order valence-electron chi connectivity index (χ3n) is 5.11. The first-order valence-corrected chi connectivity index (χ1v) is 12.5. The predicted molar refractivity (Wildman–Crippen MR) is 128 cm³/mol. The average molecular weight is 471 g/mol. The maximum atomic E-state index is 13.4. The van der Waals surface area contributed by atoms with Gasteiger partial charge in [0.05, 0.1) is 5.69 Å². The lowest BCUT2D eigenvalue weighted by molar-refractivity contribution is -0.0102. The molecule has 0 aliphatic heterocycles. The minimum Gasteiger partial charge on any atom is -0.445 e. The van der Waals surface area contributed by atoms with Gasteiger partial charge in [0.1, 0.15) is 12.4 Å². The first-order chi connectivity index (χ1) is 15.3. The van der Waals surface area contributed by atoms with Gasteiger partial charge < -0.3 is 9.84 Å². The summed E-state index contributed by atoms with van der Waals surface area (Å²) >= 11 is 3.11. The van der Waals surface area contributed by atoms with Gasteiger partial charge in [-0.15, -0.1) is 23.5 Å². The van der Waals surface area contributed by atoms with E-state index in [0.717, 1.165) is 9.79 Å². The van der Waals surface area contributed by atoms with Crippen LogP contribution in [-0.2, 0) is 16.8 Å². The van der Waals surface area contributed by atoms with Crippen LogP contribution in [-0.4, -0.2) is 45.7 Å². The van der Waals surface area contributed by atoms with Crippen LogP contribution in [0.15, 0.2) is 64.5 Å². The maximum Gasteiger partial charge on any atom is 0.419 e. The van der Waals surface area contributed by atoms with Crippen molar-refractivity contribution in [2.75, 3.05) is 19.1 Å². The Bertz CT molecular complexity index is 1090. The van der Waals surface area contributed by atoms with E-state index in [1.54, 1.807) is 60.9 Å². The molecule has 1 unspecified atom stereocenters. The fourth-order valence-electron chi connectivity index (χ4n) is 3.32. The lowest BCUT2D eigenvalue weighted by Gasteiger charge is -2.27. The summed E-state index contributed by atoms with van der Waals surface area (Å²) in [6.07, 6.45) is 5.33. The van der Waals surface area contributed by atoms with Crippen LogP contribution in [0.25, 0.3) is 0 Å². The van der Waals surface area contributed by atoms with Crippen molar-refractivity contribution in [3.05, 3.63) is 77.4 Å². The second-order valence-electron chi connectivity index (χ2n) is 7.22. The van der Waals surface area contributed by atoms with Gasteiger partial charge in [-0.1, -0.05) is 31.2 Å². The smallest absolute Gasteiger partial charge is 0.419 e. The highest BCUT2D eigenvalue weighted by Crippen LogP contribution is 2.29. The van der Waals surface area contributed by atoms with Crippen LogP contribution in [0.2, 0.25) is 0 Å². The summed E-state index contributed by atoms with van der Waals surface area (Å²) in [4.78, 5) is 32.5. The molecule has 0 spiro atoms. The van der Waals surface area contributed by atoms with Crippen molar-refractivity contribution in [3.63, 3.8) is 0 Å². The Morgan fingerprint density at radius 3 is 2.12 bits per heavy atom. The van der Waals surface area contributed by atoms with Gasteiger partial charge in [-0.25, -0.2) is 14.3 Å². The summed E-state index contributed by atoms with van der Waals surface area (Å²) in [5.74, 6) is 0.0201. The Morgan fingerprint density at radius 2 is 1.59 bits per heavy atom. The number of aromatic nitrogens is 2. The number of rotatable bonds is 8. The molecule has 0 aliphatic rings. The van der Waals surface area contributed by atoms with E-state index in [4.69, 9.17) is 4.74 Å². The molecule has 1 aromatic heterocycles. The molecule has 1 heterocycles. The van der Waals surface area contributed by atoms with Gasteiger partial charge in [-0.05, 0) is 49.3 Å². The minimum atomic E-state index is -2.03. The third-order valence-corrected chi connectivity index (χ3v) is 6.60. The van der Waals surface area contributed by atoms with Crippen LogP contribution in [0.5, 0.6) is 0 Å². The molecule has 0 radical (unpaired) electrons. The number of imidazole rings is 1. The van der Waals surface area contributed by atoms with Crippen LogP contribution in [0, 0.1) is 6.92 Å². The molecule has 2 aromatic carbocycles. The van der Waals surface area contributed by atoms with Crippen molar-refractivity contribution in [2.45, 2.75) is 35.7 Å². The predicted octanol–water partition coefficient (Wildman–Crippen LogP) is 4.95. The van der Waals surface area contributed by atoms with E-state index in [1.165, 1.54) is 4.57 Å². The summed E-state index contributed by atoms with van der Waals surface area (Å²) in [5, 5.41) is 11.6. The van der Waals surface area contributed by atoms with E-state index in [0.29, 0.717) is 29.1 Å². The van der Waals surface area contributed by atoms with E-state index >= 15 is 0 Å². The fourth-order valence-corrected chi connectivity index (χ4v) is 4.14. The second kappa shape index (κ2) is 10.4. The Labute approximate surface area is 196 Å². The minimum absolute atomic E-state index is 0.336. The van der Waals surface area contributed by atoms with Gasteiger partial charge in [0, 0.05) is 28.0 Å². The zero-order chi connectivity index (χ0) is 23.3. The molecule has 168 valence electrons. The van der Waals surface area contributed by atoms with Crippen LogP contribution < -0.4 is 0 Å². The molecule has 1 atom stereocenters. The number of Topliss-reactive ketones (excluding diaryl/α,β-unsaturated/α-hetero) is 1. The number of aliphatic hydroxyl groups is 1. The molecule has 0 saturated heterocycles. The van der Waals surface area contributed by atoms with E-state index in [2.05, 4.69) is 4.98 Å². The van der Waals surface area contributed by atoms with E-state index < -0.39 is 24.1 Å².